The lowest BCUT2D eigenvalue weighted by atomic mass is 9.85. The molecule has 2 aliphatic heterocycles. The number of hydrogen-bond donors (Lipinski definition) is 2. The lowest BCUT2D eigenvalue weighted by Crippen LogP contribution is -2.37. The van der Waals surface area contributed by atoms with Gasteiger partial charge in [0.2, 0.25) is 5.91 Å². The second-order valence-electron chi connectivity index (χ2n) is 7.05. The predicted octanol–water partition coefficient (Wildman–Crippen LogP) is 2.05. The summed E-state index contributed by atoms with van der Waals surface area (Å²) in [6.07, 6.45) is 3.29. The summed E-state index contributed by atoms with van der Waals surface area (Å²) in [5.41, 5.74) is 0.726. The molecule has 0 aliphatic carbocycles. The first-order valence-electron chi connectivity index (χ1n) is 8.79. The number of nitrogens with one attached hydrogen (secondary N) is 2. The Balaban J connectivity index is 1.64. The summed E-state index contributed by atoms with van der Waals surface area (Å²) in [5, 5.41) is 6.45. The summed E-state index contributed by atoms with van der Waals surface area (Å²) < 4.78 is 24.3. The van der Waals surface area contributed by atoms with E-state index in [1.807, 2.05) is 12.1 Å². The molecule has 3 atom stereocenters. The van der Waals surface area contributed by atoms with E-state index in [1.165, 1.54) is 12.8 Å². The van der Waals surface area contributed by atoms with Crippen molar-refractivity contribution in [3.8, 4) is 0 Å². The van der Waals surface area contributed by atoms with Gasteiger partial charge in [-0.05, 0) is 55.8 Å². The minimum absolute atomic E-state index is 0.0205. The van der Waals surface area contributed by atoms with Gasteiger partial charge in [0.25, 0.3) is 0 Å². The van der Waals surface area contributed by atoms with Crippen LogP contribution in [0.4, 0.5) is 0 Å². The van der Waals surface area contributed by atoms with E-state index in [-0.39, 0.29) is 17.7 Å². The summed E-state index contributed by atoms with van der Waals surface area (Å²) >= 11 is 0. The molecule has 0 bridgehead atoms. The first-order valence-corrected chi connectivity index (χ1v) is 10.4. The molecule has 132 valence electrons. The fourth-order valence-electron chi connectivity index (χ4n) is 3.82. The maximum absolute atomic E-state index is 12.5. The van der Waals surface area contributed by atoms with Crippen LogP contribution in [-0.2, 0) is 14.6 Å². The Kier molecular flexibility index (Phi) is 5.25. The lowest BCUT2D eigenvalue weighted by molar-refractivity contribution is -0.123. The second-order valence-corrected chi connectivity index (χ2v) is 9.13. The normalized spacial score (nSPS) is 27.0. The average molecular weight is 350 g/mol. The largest absolute Gasteiger partial charge is 0.349 e. The Morgan fingerprint density at radius 3 is 2.88 bits per heavy atom. The van der Waals surface area contributed by atoms with E-state index in [4.69, 9.17) is 0 Å². The van der Waals surface area contributed by atoms with Gasteiger partial charge in [0.05, 0.1) is 16.7 Å². The topological polar surface area (TPSA) is 75.3 Å². The number of benzene rings is 1. The number of amides is 1. The fourth-order valence-corrected chi connectivity index (χ4v) is 5.44. The second kappa shape index (κ2) is 7.23. The standard InChI is InChI=1S/C18H26N2O3S/c1-13(14-5-4-9-19-12-14)11-18(21)20-16-8-10-24(22,23)17-7-3-2-6-15(16)17/h2-3,6-7,13-14,16,19H,4-5,8-12H2,1H3,(H,20,21). The maximum atomic E-state index is 12.5. The Morgan fingerprint density at radius 1 is 1.33 bits per heavy atom. The smallest absolute Gasteiger partial charge is 0.220 e. The Morgan fingerprint density at radius 2 is 2.12 bits per heavy atom. The zero-order valence-corrected chi connectivity index (χ0v) is 14.9. The minimum atomic E-state index is -3.21. The first kappa shape index (κ1) is 17.4. The van der Waals surface area contributed by atoms with E-state index in [2.05, 4.69) is 17.6 Å². The molecule has 24 heavy (non-hydrogen) atoms. The molecule has 5 nitrogen and oxygen atoms in total. The molecule has 3 unspecified atom stereocenters. The minimum Gasteiger partial charge on any atom is -0.349 e. The fraction of sp³-hybridized carbons (Fsp3) is 0.611. The number of fused-ring (bicyclic) bond motifs is 1. The SMILES string of the molecule is CC(CC(=O)NC1CCS(=O)(=O)c2ccccc21)C1CCCNC1. The zero-order chi connectivity index (χ0) is 17.2. The van der Waals surface area contributed by atoms with Crippen LogP contribution in [0.5, 0.6) is 0 Å². The molecular weight excluding hydrogens is 324 g/mol. The van der Waals surface area contributed by atoms with Crippen LogP contribution in [0.1, 0.15) is 44.2 Å². The molecule has 6 heteroatoms. The van der Waals surface area contributed by atoms with Crippen LogP contribution < -0.4 is 10.6 Å². The zero-order valence-electron chi connectivity index (χ0n) is 14.1. The highest BCUT2D eigenvalue weighted by Gasteiger charge is 2.31. The van der Waals surface area contributed by atoms with E-state index < -0.39 is 9.84 Å². The summed E-state index contributed by atoms with van der Waals surface area (Å²) in [7, 11) is -3.21. The number of carbonyl (C=O) groups is 1. The van der Waals surface area contributed by atoms with Gasteiger partial charge in [0.1, 0.15) is 0 Å². The van der Waals surface area contributed by atoms with Crippen molar-refractivity contribution >= 4 is 15.7 Å². The van der Waals surface area contributed by atoms with Gasteiger partial charge >= 0.3 is 0 Å². The number of sulfone groups is 1. The Labute approximate surface area is 144 Å². The molecule has 1 aromatic carbocycles. The van der Waals surface area contributed by atoms with E-state index in [0.717, 1.165) is 18.7 Å². The molecule has 1 amide bonds. The molecule has 2 aliphatic rings. The molecule has 3 rings (SSSR count). The summed E-state index contributed by atoms with van der Waals surface area (Å²) in [6.45, 7) is 4.19. The molecule has 1 fully saturated rings. The van der Waals surface area contributed by atoms with E-state index in [1.54, 1.807) is 12.1 Å². The van der Waals surface area contributed by atoms with Gasteiger partial charge in [-0.15, -0.1) is 0 Å². The van der Waals surface area contributed by atoms with Gasteiger partial charge in [-0.25, -0.2) is 8.42 Å². The van der Waals surface area contributed by atoms with Gasteiger partial charge in [-0.1, -0.05) is 25.1 Å². The third-order valence-corrected chi connectivity index (χ3v) is 7.10. The van der Waals surface area contributed by atoms with Gasteiger partial charge in [0.15, 0.2) is 9.84 Å². The van der Waals surface area contributed by atoms with Crippen LogP contribution >= 0.6 is 0 Å². The quantitative estimate of drug-likeness (QED) is 0.871. The van der Waals surface area contributed by atoms with Crippen LogP contribution in [0.3, 0.4) is 0 Å². The molecule has 1 saturated heterocycles. The molecule has 2 N–H and O–H groups in total. The van der Waals surface area contributed by atoms with Crippen LogP contribution in [0.2, 0.25) is 0 Å². The number of piperidine rings is 1. The van der Waals surface area contributed by atoms with Crippen LogP contribution in [0.25, 0.3) is 0 Å². The lowest BCUT2D eigenvalue weighted by Gasteiger charge is -2.30. The van der Waals surface area contributed by atoms with Crippen molar-refractivity contribution in [1.82, 2.24) is 10.6 Å². The van der Waals surface area contributed by atoms with Crippen molar-refractivity contribution in [3.63, 3.8) is 0 Å². The van der Waals surface area contributed by atoms with Crippen molar-refractivity contribution < 1.29 is 13.2 Å². The van der Waals surface area contributed by atoms with E-state index >= 15 is 0 Å². The Hall–Kier alpha value is -1.40. The van der Waals surface area contributed by atoms with E-state index in [0.29, 0.717) is 29.6 Å². The molecule has 0 spiro atoms. The average Bonchev–Trinajstić information content (AvgIpc) is 2.58. The van der Waals surface area contributed by atoms with Crippen molar-refractivity contribution in [2.24, 2.45) is 11.8 Å². The number of carbonyl (C=O) groups excluding carboxylic acids is 1. The highest BCUT2D eigenvalue weighted by atomic mass is 32.2. The van der Waals surface area contributed by atoms with Crippen LogP contribution in [0, 0.1) is 11.8 Å². The first-order chi connectivity index (χ1) is 11.5. The predicted molar refractivity (Wildman–Crippen MR) is 93.4 cm³/mol. The number of rotatable bonds is 4. The summed E-state index contributed by atoms with van der Waals surface area (Å²) in [4.78, 5) is 12.8. The van der Waals surface area contributed by atoms with Gasteiger partial charge in [-0.3, -0.25) is 4.79 Å². The molecular formula is C18H26N2O3S. The molecule has 0 saturated carbocycles. The maximum Gasteiger partial charge on any atom is 0.220 e. The van der Waals surface area contributed by atoms with Crippen molar-refractivity contribution in [2.45, 2.75) is 43.5 Å². The van der Waals surface area contributed by atoms with Gasteiger partial charge < -0.3 is 10.6 Å². The van der Waals surface area contributed by atoms with Crippen LogP contribution in [-0.4, -0.2) is 33.2 Å². The van der Waals surface area contributed by atoms with E-state index in [9.17, 15) is 13.2 Å². The van der Waals surface area contributed by atoms with Crippen LogP contribution in [0.15, 0.2) is 29.2 Å². The number of hydrogen-bond acceptors (Lipinski definition) is 4. The molecule has 0 radical (unpaired) electrons. The monoisotopic (exact) mass is 350 g/mol. The molecule has 0 aromatic heterocycles. The van der Waals surface area contributed by atoms with Crippen molar-refractivity contribution in [3.05, 3.63) is 29.8 Å². The molecule has 1 aromatic rings. The van der Waals surface area contributed by atoms with Crippen molar-refractivity contribution in [1.29, 1.82) is 0 Å². The highest BCUT2D eigenvalue weighted by molar-refractivity contribution is 7.91. The molecule has 2 heterocycles. The Bertz CT molecular complexity index is 696. The highest BCUT2D eigenvalue weighted by Crippen LogP contribution is 2.32. The summed E-state index contributed by atoms with van der Waals surface area (Å²) in [6, 6.07) is 6.81. The third-order valence-electron chi connectivity index (χ3n) is 5.29. The van der Waals surface area contributed by atoms with Crippen molar-refractivity contribution in [2.75, 3.05) is 18.8 Å². The van der Waals surface area contributed by atoms with Gasteiger partial charge in [0, 0.05) is 6.42 Å². The summed E-state index contributed by atoms with van der Waals surface area (Å²) in [5.74, 6) is 0.993. The third kappa shape index (κ3) is 3.81. The van der Waals surface area contributed by atoms with Gasteiger partial charge in [-0.2, -0.15) is 0 Å².